The number of ether oxygens (including phenoxy) is 3. The molecule has 0 N–H and O–H groups in total. The van der Waals surface area contributed by atoms with Gasteiger partial charge < -0.3 is 14.2 Å². The average molecular weight is 274 g/mol. The van der Waals surface area contributed by atoms with Crippen molar-refractivity contribution in [3.05, 3.63) is 0 Å². The molecule has 2 aliphatic rings. The molecule has 18 heavy (non-hydrogen) atoms. The molecular weight excluding hydrogens is 252 g/mol. The normalized spacial score (nSPS) is 35.1. The van der Waals surface area contributed by atoms with Gasteiger partial charge in [-0.15, -0.1) is 0 Å². The van der Waals surface area contributed by atoms with Crippen molar-refractivity contribution in [3.8, 4) is 0 Å². The lowest BCUT2D eigenvalue weighted by Crippen LogP contribution is -2.16. The van der Waals surface area contributed by atoms with Crippen LogP contribution in [0.4, 0.5) is 0 Å². The number of carbonyl (C=O) groups is 1. The average Bonchev–Trinajstić information content (AvgIpc) is 3.21. The van der Waals surface area contributed by atoms with Crippen molar-refractivity contribution >= 4 is 18.6 Å². The smallest absolute Gasteiger partial charge is 0.306 e. The Labute approximate surface area is 114 Å². The molecule has 5 atom stereocenters. The summed E-state index contributed by atoms with van der Waals surface area (Å²) in [7, 11) is 0. The Balaban J connectivity index is 1.53. The van der Waals surface area contributed by atoms with E-state index in [1.807, 2.05) is 0 Å². The van der Waals surface area contributed by atoms with Crippen molar-refractivity contribution in [1.29, 1.82) is 0 Å². The highest BCUT2D eigenvalue weighted by atomic mass is 32.1. The van der Waals surface area contributed by atoms with Crippen LogP contribution in [0.15, 0.2) is 0 Å². The predicted octanol–water partition coefficient (Wildman–Crippen LogP) is 1.96. The fraction of sp³-hybridized carbons (Fsp3) is 0.923. The van der Waals surface area contributed by atoms with Crippen LogP contribution in [0.3, 0.4) is 0 Å². The molecule has 5 unspecified atom stereocenters. The molecule has 0 radical (unpaired) electrons. The molecule has 104 valence electrons. The molecule has 2 heterocycles. The van der Waals surface area contributed by atoms with Gasteiger partial charge >= 0.3 is 5.97 Å². The molecule has 0 aromatic rings. The molecule has 0 bridgehead atoms. The van der Waals surface area contributed by atoms with E-state index in [9.17, 15) is 4.79 Å². The van der Waals surface area contributed by atoms with Crippen LogP contribution in [-0.4, -0.2) is 42.2 Å². The maximum absolute atomic E-state index is 11.6. The highest BCUT2D eigenvalue weighted by Gasteiger charge is 2.39. The molecule has 0 aliphatic carbocycles. The van der Waals surface area contributed by atoms with Crippen molar-refractivity contribution in [2.45, 2.75) is 69.2 Å². The summed E-state index contributed by atoms with van der Waals surface area (Å²) in [5.41, 5.74) is 0. The minimum absolute atomic E-state index is 0.0288. The van der Waals surface area contributed by atoms with E-state index in [0.717, 1.165) is 19.3 Å². The number of epoxide rings is 2. The van der Waals surface area contributed by atoms with Gasteiger partial charge in [0.2, 0.25) is 0 Å². The number of hydrogen-bond donors (Lipinski definition) is 1. The van der Waals surface area contributed by atoms with E-state index in [2.05, 4.69) is 26.5 Å². The fourth-order valence-electron chi connectivity index (χ4n) is 2.21. The summed E-state index contributed by atoms with van der Waals surface area (Å²) in [4.78, 5) is 11.6. The Morgan fingerprint density at radius 3 is 2.33 bits per heavy atom. The van der Waals surface area contributed by atoms with E-state index in [1.165, 1.54) is 0 Å². The van der Waals surface area contributed by atoms with Crippen molar-refractivity contribution in [2.24, 2.45) is 0 Å². The van der Waals surface area contributed by atoms with Gasteiger partial charge in [-0.3, -0.25) is 4.79 Å². The molecule has 0 aromatic heterocycles. The minimum atomic E-state index is -0.186. The lowest BCUT2D eigenvalue weighted by molar-refractivity contribution is -0.144. The van der Waals surface area contributed by atoms with Gasteiger partial charge in [0.15, 0.2) is 0 Å². The van der Waals surface area contributed by atoms with Crippen LogP contribution >= 0.6 is 12.6 Å². The number of thiol groups is 1. The quantitative estimate of drug-likeness (QED) is 0.418. The summed E-state index contributed by atoms with van der Waals surface area (Å²) in [6, 6.07) is 0. The van der Waals surface area contributed by atoms with E-state index in [1.54, 1.807) is 0 Å². The first-order valence-corrected chi connectivity index (χ1v) is 7.30. The Morgan fingerprint density at radius 2 is 1.78 bits per heavy atom. The van der Waals surface area contributed by atoms with Gasteiger partial charge in [0.05, 0.1) is 24.7 Å². The first-order chi connectivity index (χ1) is 8.63. The first-order valence-electron chi connectivity index (χ1n) is 6.78. The standard InChI is InChI=1S/C13H22O4S/c1-3-9-11(16-9)5-8(18)6-13(14)15-7-12-10(4-2)17-12/h8-12,18H,3-7H2,1-2H3. The molecule has 2 rings (SSSR count). The van der Waals surface area contributed by atoms with E-state index in [0.29, 0.717) is 25.2 Å². The van der Waals surface area contributed by atoms with Crippen molar-refractivity contribution in [3.63, 3.8) is 0 Å². The Hall–Kier alpha value is -0.260. The highest BCUT2D eigenvalue weighted by molar-refractivity contribution is 7.81. The Bertz CT molecular complexity index is 297. The van der Waals surface area contributed by atoms with Crippen LogP contribution < -0.4 is 0 Å². The van der Waals surface area contributed by atoms with Gasteiger partial charge in [-0.2, -0.15) is 12.6 Å². The van der Waals surface area contributed by atoms with E-state index in [4.69, 9.17) is 14.2 Å². The van der Waals surface area contributed by atoms with Crippen LogP contribution in [0.2, 0.25) is 0 Å². The molecule has 0 aromatic carbocycles. The molecule has 2 fully saturated rings. The SMILES string of the molecule is CCC1OC1COC(=O)CC(S)CC1OC1CC. The minimum Gasteiger partial charge on any atom is -0.463 e. The fourth-order valence-corrected chi connectivity index (χ4v) is 2.57. The van der Waals surface area contributed by atoms with Crippen molar-refractivity contribution in [1.82, 2.24) is 0 Å². The molecular formula is C13H22O4S. The van der Waals surface area contributed by atoms with Gasteiger partial charge in [0.1, 0.15) is 12.7 Å². The second kappa shape index (κ2) is 6.26. The molecule has 4 nitrogen and oxygen atoms in total. The highest BCUT2D eigenvalue weighted by Crippen LogP contribution is 2.31. The van der Waals surface area contributed by atoms with Crippen LogP contribution in [0, 0.1) is 0 Å². The summed E-state index contributed by atoms with van der Waals surface area (Å²) >= 11 is 4.41. The van der Waals surface area contributed by atoms with Crippen LogP contribution in [0.1, 0.15) is 39.5 Å². The Kier molecular flexibility index (Phi) is 4.92. The maximum atomic E-state index is 11.6. The summed E-state index contributed by atoms with van der Waals surface area (Å²) in [5.74, 6) is -0.186. The van der Waals surface area contributed by atoms with Gasteiger partial charge in [0, 0.05) is 5.25 Å². The Morgan fingerprint density at radius 1 is 1.17 bits per heavy atom. The molecule has 2 saturated heterocycles. The number of rotatable bonds is 8. The van der Waals surface area contributed by atoms with Gasteiger partial charge in [-0.25, -0.2) is 0 Å². The monoisotopic (exact) mass is 274 g/mol. The third-order valence-corrected chi connectivity index (χ3v) is 3.89. The molecule has 0 amide bonds. The van der Waals surface area contributed by atoms with Crippen LogP contribution in [-0.2, 0) is 19.0 Å². The largest absolute Gasteiger partial charge is 0.463 e. The van der Waals surface area contributed by atoms with Crippen LogP contribution in [0.5, 0.6) is 0 Å². The van der Waals surface area contributed by atoms with E-state index >= 15 is 0 Å². The first kappa shape index (κ1) is 14.2. The molecule has 0 saturated carbocycles. The number of esters is 1. The second-order valence-electron chi connectivity index (χ2n) is 5.02. The topological polar surface area (TPSA) is 51.4 Å². The zero-order valence-corrected chi connectivity index (χ0v) is 11.9. The third-order valence-electron chi connectivity index (χ3n) is 3.50. The summed E-state index contributed by atoms with van der Waals surface area (Å²) < 4.78 is 15.9. The lowest BCUT2D eigenvalue weighted by atomic mass is 10.1. The number of carbonyl (C=O) groups excluding carboxylic acids is 1. The summed E-state index contributed by atoms with van der Waals surface area (Å²) in [6.07, 6.45) is 4.27. The van der Waals surface area contributed by atoms with Crippen molar-refractivity contribution in [2.75, 3.05) is 6.61 Å². The second-order valence-corrected chi connectivity index (χ2v) is 5.75. The van der Waals surface area contributed by atoms with Crippen LogP contribution in [0.25, 0.3) is 0 Å². The van der Waals surface area contributed by atoms with Gasteiger partial charge in [-0.1, -0.05) is 13.8 Å². The summed E-state index contributed by atoms with van der Waals surface area (Å²) in [6.45, 7) is 4.55. The molecule has 5 heteroatoms. The molecule has 0 spiro atoms. The predicted molar refractivity (Wildman–Crippen MR) is 70.9 cm³/mol. The zero-order chi connectivity index (χ0) is 13.1. The third kappa shape index (κ3) is 4.14. The van der Waals surface area contributed by atoms with E-state index < -0.39 is 0 Å². The van der Waals surface area contributed by atoms with Crippen molar-refractivity contribution < 1.29 is 19.0 Å². The summed E-state index contributed by atoms with van der Waals surface area (Å²) in [5, 5.41) is 0.0288. The lowest BCUT2D eigenvalue weighted by Gasteiger charge is -2.08. The molecule has 2 aliphatic heterocycles. The van der Waals surface area contributed by atoms with Gasteiger partial charge in [0.25, 0.3) is 0 Å². The van der Waals surface area contributed by atoms with E-state index in [-0.39, 0.29) is 23.4 Å². The number of hydrogen-bond acceptors (Lipinski definition) is 5. The maximum Gasteiger partial charge on any atom is 0.306 e. The zero-order valence-electron chi connectivity index (χ0n) is 11.0. The van der Waals surface area contributed by atoms with Gasteiger partial charge in [-0.05, 0) is 19.3 Å².